The molecule has 0 bridgehead atoms. The number of hydrogen-bond donors (Lipinski definition) is 0. The molecule has 1 aromatic heterocycles. The molecule has 0 atom stereocenters. The number of esters is 1. The number of nitrogens with zero attached hydrogens (tertiary/aromatic N) is 1. The Hall–Kier alpha value is -2.16. The van der Waals surface area contributed by atoms with Crippen LogP contribution >= 0.6 is 0 Å². The van der Waals surface area contributed by atoms with Crippen molar-refractivity contribution < 1.29 is 9.53 Å². The van der Waals surface area contributed by atoms with Gasteiger partial charge in [-0.25, -0.2) is 4.79 Å². The number of rotatable bonds is 3. The van der Waals surface area contributed by atoms with Gasteiger partial charge in [-0.3, -0.25) is 4.98 Å². The van der Waals surface area contributed by atoms with E-state index in [0.29, 0.717) is 11.5 Å². The first-order chi connectivity index (χ1) is 9.11. The third-order valence-electron chi connectivity index (χ3n) is 3.05. The largest absolute Gasteiger partial charge is 0.465 e. The van der Waals surface area contributed by atoms with Crippen molar-refractivity contribution >= 4 is 5.97 Å². The summed E-state index contributed by atoms with van der Waals surface area (Å²) in [5.74, 6) is 0.145. The second-order valence-corrected chi connectivity index (χ2v) is 4.70. The monoisotopic (exact) mass is 255 g/mol. The Kier molecular flexibility index (Phi) is 3.95. The first-order valence-electron chi connectivity index (χ1n) is 6.26. The van der Waals surface area contributed by atoms with E-state index in [-0.39, 0.29) is 5.97 Å². The summed E-state index contributed by atoms with van der Waals surface area (Å²) in [7, 11) is 1.38. The minimum Gasteiger partial charge on any atom is -0.465 e. The number of hydrogen-bond acceptors (Lipinski definition) is 3. The molecule has 0 spiro atoms. The molecule has 1 aromatic carbocycles. The van der Waals surface area contributed by atoms with Crippen molar-refractivity contribution in [3.63, 3.8) is 0 Å². The van der Waals surface area contributed by atoms with Gasteiger partial charge in [0.25, 0.3) is 0 Å². The standard InChI is InChI=1S/C16H17NO2/c1-11(2)14-8-9-17-15(10-14)12-4-6-13(7-5-12)16(18)19-3/h4-11H,1-3H3. The lowest BCUT2D eigenvalue weighted by Gasteiger charge is -2.08. The van der Waals surface area contributed by atoms with Crippen molar-refractivity contribution in [1.82, 2.24) is 4.98 Å². The van der Waals surface area contributed by atoms with Crippen LogP contribution in [-0.2, 0) is 4.74 Å². The normalized spacial score (nSPS) is 10.5. The van der Waals surface area contributed by atoms with E-state index in [0.717, 1.165) is 11.3 Å². The fourth-order valence-electron chi connectivity index (χ4n) is 1.86. The average molecular weight is 255 g/mol. The summed E-state index contributed by atoms with van der Waals surface area (Å²) in [5, 5.41) is 0. The van der Waals surface area contributed by atoms with E-state index in [1.807, 2.05) is 24.4 Å². The molecule has 1 heterocycles. The van der Waals surface area contributed by atoms with Crippen LogP contribution in [0.1, 0.15) is 35.7 Å². The number of pyridine rings is 1. The lowest BCUT2D eigenvalue weighted by atomic mass is 10.0. The molecule has 0 saturated carbocycles. The van der Waals surface area contributed by atoms with E-state index in [9.17, 15) is 4.79 Å². The summed E-state index contributed by atoms with van der Waals surface area (Å²) in [4.78, 5) is 15.7. The highest BCUT2D eigenvalue weighted by Crippen LogP contribution is 2.22. The van der Waals surface area contributed by atoms with Gasteiger partial charge in [0, 0.05) is 11.8 Å². The van der Waals surface area contributed by atoms with Crippen LogP contribution in [0.5, 0.6) is 0 Å². The molecule has 0 amide bonds. The zero-order valence-corrected chi connectivity index (χ0v) is 11.4. The third-order valence-corrected chi connectivity index (χ3v) is 3.05. The Morgan fingerprint density at radius 1 is 1.16 bits per heavy atom. The summed E-state index contributed by atoms with van der Waals surface area (Å²) in [6, 6.07) is 11.4. The molecule has 0 aliphatic rings. The Labute approximate surface area is 113 Å². The van der Waals surface area contributed by atoms with Crippen LogP contribution in [0.2, 0.25) is 0 Å². The first-order valence-corrected chi connectivity index (χ1v) is 6.26. The number of methoxy groups -OCH3 is 1. The van der Waals surface area contributed by atoms with Crippen LogP contribution in [-0.4, -0.2) is 18.1 Å². The highest BCUT2D eigenvalue weighted by molar-refractivity contribution is 5.89. The molecule has 0 aliphatic carbocycles. The molecule has 0 fully saturated rings. The predicted octanol–water partition coefficient (Wildman–Crippen LogP) is 3.66. The predicted molar refractivity (Wildman–Crippen MR) is 75.1 cm³/mol. The maximum Gasteiger partial charge on any atom is 0.337 e. The van der Waals surface area contributed by atoms with Crippen molar-refractivity contribution in [1.29, 1.82) is 0 Å². The van der Waals surface area contributed by atoms with Crippen LogP contribution in [0.25, 0.3) is 11.3 Å². The maximum absolute atomic E-state index is 11.4. The van der Waals surface area contributed by atoms with Crippen molar-refractivity contribution in [3.8, 4) is 11.3 Å². The first kappa shape index (κ1) is 13.3. The molecule has 19 heavy (non-hydrogen) atoms. The molecular formula is C16H17NO2. The van der Waals surface area contributed by atoms with E-state index in [4.69, 9.17) is 0 Å². The Morgan fingerprint density at radius 3 is 2.42 bits per heavy atom. The van der Waals surface area contributed by atoms with E-state index in [2.05, 4.69) is 29.6 Å². The van der Waals surface area contributed by atoms with Crippen molar-refractivity contribution in [2.45, 2.75) is 19.8 Å². The topological polar surface area (TPSA) is 39.2 Å². The van der Waals surface area contributed by atoms with Crippen LogP contribution in [0.4, 0.5) is 0 Å². The fraction of sp³-hybridized carbons (Fsp3) is 0.250. The molecule has 0 radical (unpaired) electrons. The second-order valence-electron chi connectivity index (χ2n) is 4.70. The molecule has 3 heteroatoms. The minimum absolute atomic E-state index is 0.324. The number of benzene rings is 1. The smallest absolute Gasteiger partial charge is 0.337 e. The third kappa shape index (κ3) is 2.99. The summed E-state index contributed by atoms with van der Waals surface area (Å²) in [6.07, 6.45) is 1.82. The van der Waals surface area contributed by atoms with Crippen LogP contribution in [0, 0.1) is 0 Å². The van der Waals surface area contributed by atoms with Gasteiger partial charge < -0.3 is 4.74 Å². The zero-order chi connectivity index (χ0) is 13.8. The average Bonchev–Trinajstić information content (AvgIpc) is 2.46. The molecule has 0 N–H and O–H groups in total. The number of carbonyl (C=O) groups excluding carboxylic acids is 1. The number of aromatic nitrogens is 1. The van der Waals surface area contributed by atoms with Crippen LogP contribution in [0.15, 0.2) is 42.6 Å². The van der Waals surface area contributed by atoms with E-state index < -0.39 is 0 Å². The van der Waals surface area contributed by atoms with Gasteiger partial charge >= 0.3 is 5.97 Å². The summed E-state index contributed by atoms with van der Waals surface area (Å²) < 4.78 is 4.68. The van der Waals surface area contributed by atoms with Crippen molar-refractivity contribution in [2.24, 2.45) is 0 Å². The second kappa shape index (κ2) is 5.65. The Balaban J connectivity index is 2.32. The fourth-order valence-corrected chi connectivity index (χ4v) is 1.86. The van der Waals surface area contributed by atoms with Crippen molar-refractivity contribution in [2.75, 3.05) is 7.11 Å². The SMILES string of the molecule is COC(=O)c1ccc(-c2cc(C(C)C)ccn2)cc1. The molecule has 0 unspecified atom stereocenters. The molecule has 0 saturated heterocycles. The van der Waals surface area contributed by atoms with E-state index in [1.54, 1.807) is 12.1 Å². The highest BCUT2D eigenvalue weighted by Gasteiger charge is 2.07. The maximum atomic E-state index is 11.4. The highest BCUT2D eigenvalue weighted by atomic mass is 16.5. The lowest BCUT2D eigenvalue weighted by molar-refractivity contribution is 0.0601. The summed E-state index contributed by atoms with van der Waals surface area (Å²) in [5.41, 5.74) is 3.71. The van der Waals surface area contributed by atoms with Crippen LogP contribution < -0.4 is 0 Å². The molecule has 0 aliphatic heterocycles. The zero-order valence-electron chi connectivity index (χ0n) is 11.4. The summed E-state index contributed by atoms with van der Waals surface area (Å²) in [6.45, 7) is 4.30. The number of carbonyl (C=O) groups is 1. The minimum atomic E-state index is -0.324. The van der Waals surface area contributed by atoms with Crippen LogP contribution in [0.3, 0.4) is 0 Å². The molecule has 2 rings (SSSR count). The molecule has 3 nitrogen and oxygen atoms in total. The van der Waals surface area contributed by atoms with Gasteiger partial charge in [0.05, 0.1) is 18.4 Å². The van der Waals surface area contributed by atoms with E-state index in [1.165, 1.54) is 12.7 Å². The van der Waals surface area contributed by atoms with Gasteiger partial charge in [0.1, 0.15) is 0 Å². The summed E-state index contributed by atoms with van der Waals surface area (Å²) >= 11 is 0. The Morgan fingerprint density at radius 2 is 1.84 bits per heavy atom. The number of ether oxygens (including phenoxy) is 1. The lowest BCUT2D eigenvalue weighted by Crippen LogP contribution is -2.00. The molecular weight excluding hydrogens is 238 g/mol. The van der Waals surface area contributed by atoms with Gasteiger partial charge in [0.2, 0.25) is 0 Å². The van der Waals surface area contributed by atoms with Crippen molar-refractivity contribution in [3.05, 3.63) is 53.7 Å². The van der Waals surface area contributed by atoms with Gasteiger partial charge in [-0.15, -0.1) is 0 Å². The Bertz CT molecular complexity index is 574. The van der Waals surface area contributed by atoms with Gasteiger partial charge in [-0.1, -0.05) is 26.0 Å². The molecule has 98 valence electrons. The van der Waals surface area contributed by atoms with Gasteiger partial charge in [-0.05, 0) is 35.7 Å². The van der Waals surface area contributed by atoms with E-state index >= 15 is 0 Å². The van der Waals surface area contributed by atoms with Gasteiger partial charge in [-0.2, -0.15) is 0 Å². The molecule has 2 aromatic rings. The van der Waals surface area contributed by atoms with Gasteiger partial charge in [0.15, 0.2) is 0 Å². The quantitative estimate of drug-likeness (QED) is 0.786.